The van der Waals surface area contributed by atoms with Crippen molar-refractivity contribution >= 4 is 0 Å². The van der Waals surface area contributed by atoms with E-state index < -0.39 is 24.1 Å². The predicted octanol–water partition coefficient (Wildman–Crippen LogP) is 3.61. The van der Waals surface area contributed by atoms with E-state index >= 15 is 0 Å². The van der Waals surface area contributed by atoms with Crippen LogP contribution in [-0.4, -0.2) is 24.1 Å². The van der Waals surface area contributed by atoms with Crippen molar-refractivity contribution in [2.24, 2.45) is 0 Å². The molecule has 97 valence electrons. The van der Waals surface area contributed by atoms with Crippen LogP contribution in [0, 0.1) is 6.61 Å². The van der Waals surface area contributed by atoms with Gasteiger partial charge in [0, 0.05) is 0 Å². The van der Waals surface area contributed by atoms with Gasteiger partial charge < -0.3 is 4.74 Å². The Morgan fingerprint density at radius 2 is 0.938 bits per heavy atom. The average Bonchev–Trinajstić information content (AvgIpc) is 1.91. The fraction of sp³-hybridized carbons (Fsp3) is 0.833. The Morgan fingerprint density at radius 3 is 1.00 bits per heavy atom. The lowest BCUT2D eigenvalue weighted by atomic mass is 10.0. The van der Waals surface area contributed by atoms with E-state index in [0.717, 1.165) is 0 Å². The fourth-order valence-corrected chi connectivity index (χ4v) is 0.859. The van der Waals surface area contributed by atoms with E-state index in [9.17, 15) is 39.5 Å². The van der Waals surface area contributed by atoms with Crippen LogP contribution in [0.3, 0.4) is 0 Å². The second-order valence-corrected chi connectivity index (χ2v) is 2.53. The summed E-state index contributed by atoms with van der Waals surface area (Å²) in [5.74, 6) is 0. The highest BCUT2D eigenvalue weighted by atomic mass is 19.4. The van der Waals surface area contributed by atoms with Crippen LogP contribution in [0.4, 0.5) is 39.5 Å². The van der Waals surface area contributed by atoms with Crippen LogP contribution < -0.4 is 0 Å². The molecular weight excluding hydrogens is 259 g/mol. The van der Waals surface area contributed by atoms with Crippen LogP contribution in [-0.2, 0) is 4.74 Å². The third kappa shape index (κ3) is 2.20. The molecule has 0 atom stereocenters. The number of ether oxygens (including phenoxy) is 1. The maximum absolute atomic E-state index is 12.0. The van der Waals surface area contributed by atoms with Gasteiger partial charge in [0.2, 0.25) is 0 Å². The van der Waals surface area contributed by atoms with Gasteiger partial charge in [-0.05, 0) is 6.92 Å². The largest absolute Gasteiger partial charge is 0.435 e. The van der Waals surface area contributed by atoms with Gasteiger partial charge in [-0.15, -0.1) is 0 Å². The summed E-state index contributed by atoms with van der Waals surface area (Å²) in [7, 11) is 0. The number of hydrogen-bond acceptors (Lipinski definition) is 1. The monoisotopic (exact) mass is 263 g/mol. The van der Waals surface area contributed by atoms with Gasteiger partial charge in [0.15, 0.2) is 0 Å². The predicted molar refractivity (Wildman–Crippen MR) is 32.0 cm³/mol. The topological polar surface area (TPSA) is 9.23 Å². The van der Waals surface area contributed by atoms with Gasteiger partial charge in [-0.25, -0.2) is 0 Å². The molecule has 0 rings (SSSR count). The van der Waals surface area contributed by atoms with Crippen molar-refractivity contribution < 1.29 is 44.3 Å². The highest BCUT2D eigenvalue weighted by Crippen LogP contribution is 2.55. The number of hydrogen-bond donors (Lipinski definition) is 0. The molecule has 0 aromatic heterocycles. The molecule has 10 heteroatoms. The van der Waals surface area contributed by atoms with Crippen molar-refractivity contribution in [2.45, 2.75) is 31.1 Å². The molecule has 0 aromatic carbocycles. The molecule has 16 heavy (non-hydrogen) atoms. The zero-order chi connectivity index (χ0) is 13.4. The molecule has 0 fully saturated rings. The molecule has 0 N–H and O–H groups in total. The van der Waals surface area contributed by atoms with Gasteiger partial charge in [-0.1, -0.05) is 0 Å². The molecule has 0 aliphatic rings. The van der Waals surface area contributed by atoms with Crippen molar-refractivity contribution in [2.75, 3.05) is 0 Å². The van der Waals surface area contributed by atoms with E-state index in [1.54, 1.807) is 0 Å². The first-order chi connectivity index (χ1) is 6.81. The minimum Gasteiger partial charge on any atom is -0.345 e. The summed E-state index contributed by atoms with van der Waals surface area (Å²) in [6.45, 7) is 0.159. The van der Waals surface area contributed by atoms with E-state index in [4.69, 9.17) is 0 Å². The van der Waals surface area contributed by atoms with Crippen LogP contribution >= 0.6 is 0 Å². The van der Waals surface area contributed by atoms with E-state index in [0.29, 0.717) is 6.92 Å². The van der Waals surface area contributed by atoms with Gasteiger partial charge in [-0.3, -0.25) is 0 Å². The Morgan fingerprint density at radius 1 is 0.688 bits per heavy atom. The smallest absolute Gasteiger partial charge is 0.345 e. The Bertz CT molecular complexity index is 198. The Hall–Kier alpha value is -0.670. The van der Waals surface area contributed by atoms with E-state index in [2.05, 4.69) is 4.74 Å². The Labute approximate surface area is 83.2 Å². The van der Waals surface area contributed by atoms with Crippen LogP contribution in [0.25, 0.3) is 0 Å². The summed E-state index contributed by atoms with van der Waals surface area (Å²) < 4.78 is 111. The van der Waals surface area contributed by atoms with Gasteiger partial charge in [-0.2, -0.15) is 39.5 Å². The summed E-state index contributed by atoms with van der Waals surface area (Å²) in [5.41, 5.74) is -6.19. The first-order valence-electron chi connectivity index (χ1n) is 3.47. The minimum atomic E-state index is -6.67. The summed E-state index contributed by atoms with van der Waals surface area (Å²) in [6.07, 6.45) is -20.0. The van der Waals surface area contributed by atoms with Crippen LogP contribution in [0.2, 0.25) is 0 Å². The zero-order valence-electron chi connectivity index (χ0n) is 7.39. The molecule has 0 spiro atoms. The molecule has 0 aliphatic heterocycles. The molecule has 0 bridgehead atoms. The second-order valence-electron chi connectivity index (χ2n) is 2.53. The van der Waals surface area contributed by atoms with Gasteiger partial charge >= 0.3 is 24.1 Å². The summed E-state index contributed by atoms with van der Waals surface area (Å²) in [4.78, 5) is 0. The second kappa shape index (κ2) is 3.97. The molecule has 1 radical (unpaired) electrons. The lowest BCUT2D eigenvalue weighted by molar-refractivity contribution is -0.450. The first-order valence-corrected chi connectivity index (χ1v) is 3.47. The van der Waals surface area contributed by atoms with E-state index in [1.807, 2.05) is 0 Å². The maximum atomic E-state index is 12.0. The third-order valence-corrected chi connectivity index (χ3v) is 1.49. The first kappa shape index (κ1) is 15.3. The van der Waals surface area contributed by atoms with E-state index in [1.165, 1.54) is 0 Å². The van der Waals surface area contributed by atoms with Crippen LogP contribution in [0.1, 0.15) is 6.92 Å². The van der Waals surface area contributed by atoms with Crippen molar-refractivity contribution in [3.63, 3.8) is 0 Å². The molecule has 0 amide bonds. The van der Waals surface area contributed by atoms with Crippen molar-refractivity contribution in [3.8, 4) is 0 Å². The third-order valence-electron chi connectivity index (χ3n) is 1.49. The van der Waals surface area contributed by atoms with Crippen molar-refractivity contribution in [1.29, 1.82) is 0 Å². The van der Waals surface area contributed by atoms with E-state index in [-0.39, 0.29) is 6.61 Å². The zero-order valence-corrected chi connectivity index (χ0v) is 7.39. The normalized spacial score (nSPS) is 15.4. The molecule has 0 aliphatic carbocycles. The van der Waals surface area contributed by atoms with Gasteiger partial charge in [0.25, 0.3) is 0 Å². The van der Waals surface area contributed by atoms with Crippen LogP contribution in [0.5, 0.6) is 0 Å². The Balaban J connectivity index is 5.82. The van der Waals surface area contributed by atoms with Crippen molar-refractivity contribution in [1.82, 2.24) is 0 Å². The van der Waals surface area contributed by atoms with Crippen LogP contribution in [0.15, 0.2) is 0 Å². The number of halogens is 9. The standard InChI is InChI=1S/C6H4F9O/c1-2-16-3(4(7,8)9,5(10,11)12)6(13,14)15/h2H,1H3. The molecule has 0 aromatic rings. The summed E-state index contributed by atoms with van der Waals surface area (Å²) in [6, 6.07) is 0. The lowest BCUT2D eigenvalue weighted by Gasteiger charge is -2.37. The van der Waals surface area contributed by atoms with Gasteiger partial charge in [0.05, 0.1) is 6.61 Å². The molecule has 0 saturated heterocycles. The SMILES string of the molecule is C[CH]OC(C(F)(F)F)(C(F)(F)F)C(F)(F)F. The Kier molecular flexibility index (Phi) is 3.80. The van der Waals surface area contributed by atoms with Crippen molar-refractivity contribution in [3.05, 3.63) is 6.61 Å². The average molecular weight is 263 g/mol. The number of rotatable bonds is 2. The van der Waals surface area contributed by atoms with Gasteiger partial charge in [0.1, 0.15) is 0 Å². The minimum absolute atomic E-state index is 0.311. The summed E-state index contributed by atoms with van der Waals surface area (Å²) >= 11 is 0. The molecule has 0 heterocycles. The molecule has 1 nitrogen and oxygen atoms in total. The highest BCUT2D eigenvalue weighted by molar-refractivity contribution is 5.02. The molecule has 0 saturated carbocycles. The highest BCUT2D eigenvalue weighted by Gasteiger charge is 2.85. The maximum Gasteiger partial charge on any atom is 0.435 e. The fourth-order valence-electron chi connectivity index (χ4n) is 0.859. The number of alkyl halides is 9. The quantitative estimate of drug-likeness (QED) is 0.691. The lowest BCUT2D eigenvalue weighted by Crippen LogP contribution is -2.67. The molecule has 0 unspecified atom stereocenters. The summed E-state index contributed by atoms with van der Waals surface area (Å²) in [5, 5.41) is 0. The molecular formula is C6H4F9O.